The monoisotopic (exact) mass is 430 g/mol. The van der Waals surface area contributed by atoms with E-state index in [1.807, 2.05) is 25.1 Å². The number of unbranched alkanes of at least 4 members (excludes halogenated alkanes) is 7. The van der Waals surface area contributed by atoms with Gasteiger partial charge in [0.15, 0.2) is 5.75 Å². The summed E-state index contributed by atoms with van der Waals surface area (Å²) >= 11 is 0. The molecule has 0 aliphatic heterocycles. The van der Waals surface area contributed by atoms with Gasteiger partial charge in [0.05, 0.1) is 32.6 Å². The minimum Gasteiger partial charge on any atom is -0.379 e. The highest BCUT2D eigenvalue weighted by Gasteiger charge is 2.27. The summed E-state index contributed by atoms with van der Waals surface area (Å²) in [5.41, 5.74) is 0. The zero-order valence-corrected chi connectivity index (χ0v) is 19.1. The maximum atomic E-state index is 13.0. The van der Waals surface area contributed by atoms with Gasteiger partial charge < -0.3 is 18.9 Å². The van der Waals surface area contributed by atoms with E-state index in [1.54, 1.807) is 12.1 Å². The summed E-state index contributed by atoms with van der Waals surface area (Å²) in [6.45, 7) is 6.43. The second-order valence-electron chi connectivity index (χ2n) is 6.92. The first kappa shape index (κ1) is 26.1. The molecule has 1 aromatic carbocycles. The van der Waals surface area contributed by atoms with E-state index in [4.69, 9.17) is 23.6 Å². The Balaban J connectivity index is 2.30. The molecule has 1 atom stereocenters. The van der Waals surface area contributed by atoms with Gasteiger partial charge >= 0.3 is 7.60 Å². The Bertz CT molecular complexity index is 525. The van der Waals surface area contributed by atoms with Crippen LogP contribution in [-0.4, -0.2) is 39.2 Å². The molecule has 1 unspecified atom stereocenters. The van der Waals surface area contributed by atoms with Crippen LogP contribution in [0.15, 0.2) is 30.3 Å². The van der Waals surface area contributed by atoms with E-state index in [1.165, 1.54) is 38.5 Å². The smallest absolute Gasteiger partial charge is 0.371 e. The van der Waals surface area contributed by atoms with Gasteiger partial charge in [0.2, 0.25) is 0 Å². The molecule has 0 bridgehead atoms. The number of rotatable bonds is 20. The zero-order valence-electron chi connectivity index (χ0n) is 18.2. The third kappa shape index (κ3) is 14.7. The van der Waals surface area contributed by atoms with Crippen LogP contribution in [0.2, 0.25) is 0 Å². The van der Waals surface area contributed by atoms with Crippen molar-refractivity contribution in [3.05, 3.63) is 30.3 Å². The fourth-order valence-electron chi connectivity index (χ4n) is 2.68. The second-order valence-corrected chi connectivity index (χ2v) is 9.00. The van der Waals surface area contributed by atoms with Gasteiger partial charge in [-0.05, 0) is 25.5 Å². The summed E-state index contributed by atoms with van der Waals surface area (Å²) in [6, 6.07) is 8.99. The Labute approximate surface area is 176 Å². The van der Waals surface area contributed by atoms with Crippen molar-refractivity contribution < 1.29 is 28.1 Å². The molecule has 0 aliphatic carbocycles. The van der Waals surface area contributed by atoms with E-state index < -0.39 is 7.60 Å². The summed E-state index contributed by atoms with van der Waals surface area (Å²) < 4.78 is 34.5. The predicted octanol–water partition coefficient (Wildman–Crippen LogP) is 6.40. The van der Waals surface area contributed by atoms with Crippen LogP contribution < -0.4 is 4.89 Å². The molecule has 1 rings (SSSR count). The second kappa shape index (κ2) is 17.9. The molecule has 0 heterocycles. The van der Waals surface area contributed by atoms with Crippen LogP contribution in [0, 0.1) is 0 Å². The van der Waals surface area contributed by atoms with Gasteiger partial charge in [0.25, 0.3) is 0 Å². The lowest BCUT2D eigenvalue weighted by Crippen LogP contribution is -2.11. The van der Waals surface area contributed by atoms with Crippen molar-refractivity contribution in [1.82, 2.24) is 0 Å². The Hall–Kier alpha value is -0.910. The largest absolute Gasteiger partial charge is 0.379 e. The van der Waals surface area contributed by atoms with Gasteiger partial charge in [0, 0.05) is 6.61 Å². The number of hydrogen-bond acceptors (Lipinski definition) is 6. The molecule has 1 aromatic rings. The van der Waals surface area contributed by atoms with Crippen LogP contribution in [0.3, 0.4) is 0 Å². The molecular formula is C22H39O6P. The van der Waals surface area contributed by atoms with Crippen LogP contribution >= 0.6 is 7.60 Å². The van der Waals surface area contributed by atoms with E-state index in [2.05, 4.69) is 6.92 Å². The zero-order chi connectivity index (χ0) is 21.0. The molecule has 0 aliphatic rings. The maximum Gasteiger partial charge on any atom is 0.371 e. The van der Waals surface area contributed by atoms with Gasteiger partial charge in [-0.25, -0.2) is 0 Å². The summed E-state index contributed by atoms with van der Waals surface area (Å²) in [6.07, 6.45) is 9.69. The highest BCUT2D eigenvalue weighted by atomic mass is 31.2. The van der Waals surface area contributed by atoms with Crippen molar-refractivity contribution in [2.24, 2.45) is 0 Å². The topological polar surface area (TPSA) is 63.2 Å². The molecule has 29 heavy (non-hydrogen) atoms. The fourth-order valence-corrected chi connectivity index (χ4v) is 3.89. The van der Waals surface area contributed by atoms with Gasteiger partial charge in [-0.15, -0.1) is 0 Å². The number of hydrogen-bond donors (Lipinski definition) is 0. The van der Waals surface area contributed by atoms with Gasteiger partial charge in [-0.1, -0.05) is 74.7 Å². The van der Waals surface area contributed by atoms with Crippen molar-refractivity contribution in [1.29, 1.82) is 0 Å². The van der Waals surface area contributed by atoms with Crippen LogP contribution in [0.25, 0.3) is 0 Å². The number of ether oxygens (including phenoxy) is 2. The molecule has 0 fully saturated rings. The quantitative estimate of drug-likeness (QED) is 0.103. The van der Waals surface area contributed by atoms with Gasteiger partial charge in [0.1, 0.15) is 0 Å². The summed E-state index contributed by atoms with van der Waals surface area (Å²) in [5.74, 6) is 0.487. The predicted molar refractivity (Wildman–Crippen MR) is 117 cm³/mol. The first-order chi connectivity index (χ1) is 14.2. The Morgan fingerprint density at radius 1 is 0.759 bits per heavy atom. The van der Waals surface area contributed by atoms with Crippen LogP contribution in [0.4, 0.5) is 0 Å². The molecule has 0 aromatic heterocycles. The van der Waals surface area contributed by atoms with Crippen LogP contribution in [0.1, 0.15) is 65.2 Å². The summed E-state index contributed by atoms with van der Waals surface area (Å²) in [4.78, 5) is 5.23. The minimum atomic E-state index is -3.40. The maximum absolute atomic E-state index is 13.0. The van der Waals surface area contributed by atoms with Crippen molar-refractivity contribution in [2.45, 2.75) is 65.2 Å². The van der Waals surface area contributed by atoms with Crippen LogP contribution in [-0.2, 0) is 23.2 Å². The summed E-state index contributed by atoms with van der Waals surface area (Å²) in [5, 5.41) is 0. The van der Waals surface area contributed by atoms with E-state index in [-0.39, 0.29) is 12.8 Å². The van der Waals surface area contributed by atoms with Crippen molar-refractivity contribution >= 4 is 7.60 Å². The number of benzene rings is 1. The van der Waals surface area contributed by atoms with Crippen LogP contribution in [0.5, 0.6) is 5.75 Å². The molecule has 0 N–H and O–H groups in total. The van der Waals surface area contributed by atoms with Gasteiger partial charge in [-0.3, -0.25) is 4.57 Å². The molecule has 7 heteroatoms. The first-order valence-corrected chi connectivity index (χ1v) is 12.7. The average molecular weight is 431 g/mol. The van der Waals surface area contributed by atoms with Gasteiger partial charge in [-0.2, -0.15) is 0 Å². The van der Waals surface area contributed by atoms with E-state index in [0.29, 0.717) is 32.2 Å². The first-order valence-electron chi connectivity index (χ1n) is 11.0. The van der Waals surface area contributed by atoms with Crippen molar-refractivity contribution in [3.8, 4) is 5.75 Å². The van der Waals surface area contributed by atoms with E-state index >= 15 is 0 Å². The highest BCUT2D eigenvalue weighted by molar-refractivity contribution is 7.53. The van der Waals surface area contributed by atoms with Crippen molar-refractivity contribution in [3.63, 3.8) is 0 Å². The molecule has 168 valence electrons. The fraction of sp³-hybridized carbons (Fsp3) is 0.727. The van der Waals surface area contributed by atoms with Crippen molar-refractivity contribution in [2.75, 3.05) is 39.2 Å². The third-order valence-electron chi connectivity index (χ3n) is 4.36. The lowest BCUT2D eigenvalue weighted by Gasteiger charge is -2.17. The molecule has 0 amide bonds. The molecular weight excluding hydrogens is 391 g/mol. The van der Waals surface area contributed by atoms with E-state index in [0.717, 1.165) is 12.8 Å². The Kier molecular flexibility index (Phi) is 16.1. The average Bonchev–Trinajstić information content (AvgIpc) is 2.74. The molecule has 0 saturated carbocycles. The highest BCUT2D eigenvalue weighted by Crippen LogP contribution is 2.48. The third-order valence-corrected chi connectivity index (χ3v) is 5.97. The SMILES string of the molecule is CCCCCCCCCCOP(=O)(CCOCCOCC)OOc1ccccc1. The Morgan fingerprint density at radius 2 is 1.41 bits per heavy atom. The molecule has 0 spiro atoms. The lowest BCUT2D eigenvalue weighted by molar-refractivity contribution is -0.113. The standard InChI is InChI=1S/C22H39O6P/c1-3-5-6-7-8-9-10-14-17-26-29(23,21-20-25-19-18-24-4-2)28-27-22-15-12-11-13-16-22/h11-13,15-16H,3-10,14,17-21H2,1-2H3. The summed E-state index contributed by atoms with van der Waals surface area (Å²) in [7, 11) is -3.40. The number of para-hydroxylation sites is 1. The molecule has 0 radical (unpaired) electrons. The molecule has 0 saturated heterocycles. The molecule has 6 nitrogen and oxygen atoms in total. The minimum absolute atomic E-state index is 0.142. The van der Waals surface area contributed by atoms with E-state index in [9.17, 15) is 4.57 Å². The lowest BCUT2D eigenvalue weighted by atomic mass is 10.1. The normalized spacial score (nSPS) is 13.3. The Morgan fingerprint density at radius 3 is 2.10 bits per heavy atom.